The maximum Gasteiger partial charge on any atom is 0.338 e. The summed E-state index contributed by atoms with van der Waals surface area (Å²) in [5.41, 5.74) is 2.19. The predicted octanol–water partition coefficient (Wildman–Crippen LogP) is 2.89. The Bertz CT molecular complexity index is 1230. The van der Waals surface area contributed by atoms with Crippen molar-refractivity contribution in [2.45, 2.75) is 13.8 Å². The van der Waals surface area contributed by atoms with Crippen molar-refractivity contribution in [1.29, 1.82) is 0 Å². The van der Waals surface area contributed by atoms with Crippen LogP contribution in [0.4, 0.5) is 11.6 Å². The zero-order valence-electron chi connectivity index (χ0n) is 16.7. The van der Waals surface area contributed by atoms with Gasteiger partial charge in [-0.3, -0.25) is 19.7 Å². The molecule has 0 bridgehead atoms. The second-order valence-electron chi connectivity index (χ2n) is 6.95. The molecule has 0 aliphatic carbocycles. The van der Waals surface area contributed by atoms with E-state index in [-0.39, 0.29) is 22.6 Å². The van der Waals surface area contributed by atoms with Crippen molar-refractivity contribution in [2.75, 3.05) is 16.8 Å². The molecule has 0 fully saturated rings. The van der Waals surface area contributed by atoms with Crippen molar-refractivity contribution in [3.63, 3.8) is 0 Å². The fourth-order valence-corrected chi connectivity index (χ4v) is 3.21. The average molecular weight is 419 g/mol. The molecular formula is C22H17N3O6. The number of carbonyl (C=O) groups is 4. The van der Waals surface area contributed by atoms with Crippen LogP contribution in [0.5, 0.6) is 0 Å². The minimum atomic E-state index is -0.804. The summed E-state index contributed by atoms with van der Waals surface area (Å²) in [5, 5.41) is 6.03. The van der Waals surface area contributed by atoms with Crippen LogP contribution in [-0.4, -0.2) is 35.5 Å². The first-order chi connectivity index (χ1) is 14.8. The molecule has 2 heterocycles. The number of benzene rings is 2. The summed E-state index contributed by atoms with van der Waals surface area (Å²) in [6, 6.07) is 12.6. The number of hydrogen-bond donors (Lipinski definition) is 1. The molecule has 0 spiro atoms. The lowest BCUT2D eigenvalue weighted by Gasteiger charge is -2.16. The van der Waals surface area contributed by atoms with Crippen LogP contribution in [0.3, 0.4) is 0 Å². The molecule has 9 heteroatoms. The number of rotatable bonds is 5. The maximum atomic E-state index is 12.9. The molecular weight excluding hydrogens is 402 g/mol. The highest BCUT2D eigenvalue weighted by Gasteiger charge is 2.37. The van der Waals surface area contributed by atoms with E-state index in [9.17, 15) is 19.2 Å². The first kappa shape index (κ1) is 20.0. The van der Waals surface area contributed by atoms with Gasteiger partial charge in [0.15, 0.2) is 6.61 Å². The van der Waals surface area contributed by atoms with Gasteiger partial charge in [0.25, 0.3) is 17.7 Å². The smallest absolute Gasteiger partial charge is 0.338 e. The van der Waals surface area contributed by atoms with Gasteiger partial charge in [0.1, 0.15) is 0 Å². The lowest BCUT2D eigenvalue weighted by molar-refractivity contribution is -0.119. The lowest BCUT2D eigenvalue weighted by Crippen LogP contribution is -2.29. The van der Waals surface area contributed by atoms with Crippen molar-refractivity contribution in [3.8, 4) is 0 Å². The topological polar surface area (TPSA) is 119 Å². The number of imide groups is 1. The maximum absolute atomic E-state index is 12.9. The normalized spacial score (nSPS) is 12.6. The van der Waals surface area contributed by atoms with Gasteiger partial charge in [-0.05, 0) is 43.7 Å². The van der Waals surface area contributed by atoms with Crippen molar-refractivity contribution in [2.24, 2.45) is 0 Å². The number of nitrogens with zero attached hydrogens (tertiary/aromatic N) is 2. The fourth-order valence-electron chi connectivity index (χ4n) is 3.21. The predicted molar refractivity (Wildman–Crippen MR) is 109 cm³/mol. The molecule has 0 saturated heterocycles. The molecule has 0 atom stereocenters. The number of aryl methyl sites for hydroxylation is 2. The van der Waals surface area contributed by atoms with Crippen molar-refractivity contribution in [1.82, 2.24) is 5.16 Å². The Morgan fingerprint density at radius 1 is 1.03 bits per heavy atom. The van der Waals surface area contributed by atoms with Gasteiger partial charge in [-0.15, -0.1) is 0 Å². The molecule has 156 valence electrons. The largest absolute Gasteiger partial charge is 0.452 e. The summed E-state index contributed by atoms with van der Waals surface area (Å²) in [7, 11) is 0. The SMILES string of the molecule is Cc1cc(NC(=O)COC(=O)c2ccc3c(c2)C(=O)N(c2ccccc2C)C3=O)on1. The molecule has 3 amide bonds. The molecule has 1 aliphatic heterocycles. The highest BCUT2D eigenvalue weighted by molar-refractivity contribution is 6.34. The van der Waals surface area contributed by atoms with Gasteiger partial charge in [-0.25, -0.2) is 9.69 Å². The standard InChI is InChI=1S/C22H17N3O6/c1-12-5-3-4-6-17(12)25-20(27)15-8-7-14(10-16(15)21(25)28)22(29)30-11-18(26)23-19-9-13(2)24-31-19/h3-10H,11H2,1-2H3,(H,23,26). The zero-order valence-corrected chi connectivity index (χ0v) is 16.7. The molecule has 0 saturated carbocycles. The van der Waals surface area contributed by atoms with Crippen molar-refractivity contribution in [3.05, 3.63) is 76.5 Å². The first-order valence-electron chi connectivity index (χ1n) is 9.34. The van der Waals surface area contributed by atoms with E-state index in [0.717, 1.165) is 10.5 Å². The Balaban J connectivity index is 1.47. The number of amides is 3. The van der Waals surface area contributed by atoms with E-state index in [4.69, 9.17) is 9.26 Å². The van der Waals surface area contributed by atoms with Gasteiger partial charge in [-0.2, -0.15) is 0 Å². The number of nitrogens with one attached hydrogen (secondary N) is 1. The summed E-state index contributed by atoms with van der Waals surface area (Å²) in [4.78, 5) is 51.0. The molecule has 1 N–H and O–H groups in total. The Morgan fingerprint density at radius 3 is 2.48 bits per heavy atom. The van der Waals surface area contributed by atoms with E-state index in [1.165, 1.54) is 24.3 Å². The number of para-hydroxylation sites is 1. The number of carbonyl (C=O) groups excluding carboxylic acids is 4. The zero-order chi connectivity index (χ0) is 22.1. The quantitative estimate of drug-likeness (QED) is 0.499. The molecule has 0 unspecified atom stereocenters. The molecule has 2 aromatic carbocycles. The molecule has 31 heavy (non-hydrogen) atoms. The van der Waals surface area contributed by atoms with Gasteiger partial charge >= 0.3 is 5.97 Å². The summed E-state index contributed by atoms with van der Waals surface area (Å²) in [6.45, 7) is 2.93. The fraction of sp³-hybridized carbons (Fsp3) is 0.136. The van der Waals surface area contributed by atoms with Gasteiger partial charge in [0.05, 0.1) is 28.1 Å². The number of anilines is 2. The highest BCUT2D eigenvalue weighted by Crippen LogP contribution is 2.31. The minimum Gasteiger partial charge on any atom is -0.452 e. The third-order valence-corrected chi connectivity index (χ3v) is 4.70. The summed E-state index contributed by atoms with van der Waals surface area (Å²) in [6.07, 6.45) is 0. The van der Waals surface area contributed by atoms with E-state index >= 15 is 0 Å². The molecule has 0 radical (unpaired) electrons. The third kappa shape index (κ3) is 3.80. The first-order valence-corrected chi connectivity index (χ1v) is 9.34. The van der Waals surface area contributed by atoms with Gasteiger partial charge in [-0.1, -0.05) is 23.4 Å². The Labute approximate surface area is 176 Å². The van der Waals surface area contributed by atoms with Crippen molar-refractivity contribution >= 4 is 35.3 Å². The van der Waals surface area contributed by atoms with E-state index in [2.05, 4.69) is 10.5 Å². The Hall–Kier alpha value is -4.27. The Kier molecular flexibility index (Phi) is 5.08. The molecule has 4 rings (SSSR count). The van der Waals surface area contributed by atoms with Crippen LogP contribution >= 0.6 is 0 Å². The van der Waals surface area contributed by atoms with Gasteiger partial charge in [0.2, 0.25) is 5.88 Å². The number of fused-ring (bicyclic) bond motifs is 1. The summed E-state index contributed by atoms with van der Waals surface area (Å²) < 4.78 is 9.86. The molecule has 1 aromatic heterocycles. The molecule has 1 aliphatic rings. The number of hydrogen-bond acceptors (Lipinski definition) is 7. The second kappa shape index (κ2) is 7.86. The van der Waals surface area contributed by atoms with E-state index in [1.807, 2.05) is 6.07 Å². The number of ether oxygens (including phenoxy) is 1. The minimum absolute atomic E-state index is 0.0508. The van der Waals surface area contributed by atoms with E-state index in [1.54, 1.807) is 32.0 Å². The lowest BCUT2D eigenvalue weighted by atomic mass is 10.1. The molecule has 3 aromatic rings. The molecule has 9 nitrogen and oxygen atoms in total. The van der Waals surface area contributed by atoms with E-state index in [0.29, 0.717) is 11.4 Å². The van der Waals surface area contributed by atoms with Gasteiger partial charge < -0.3 is 9.26 Å². The van der Waals surface area contributed by atoms with Crippen LogP contribution in [0.1, 0.15) is 42.3 Å². The van der Waals surface area contributed by atoms with E-state index < -0.39 is 30.3 Å². The monoisotopic (exact) mass is 419 g/mol. The average Bonchev–Trinajstić information content (AvgIpc) is 3.27. The van der Waals surface area contributed by atoms with Crippen molar-refractivity contribution < 1.29 is 28.4 Å². The van der Waals surface area contributed by atoms with Gasteiger partial charge in [0, 0.05) is 6.07 Å². The van der Waals surface area contributed by atoms with Crippen LogP contribution in [0.25, 0.3) is 0 Å². The summed E-state index contributed by atoms with van der Waals surface area (Å²) >= 11 is 0. The van der Waals surface area contributed by atoms with Crippen LogP contribution in [0.2, 0.25) is 0 Å². The number of esters is 1. The summed E-state index contributed by atoms with van der Waals surface area (Å²) in [5.74, 6) is -2.27. The Morgan fingerprint density at radius 2 is 1.77 bits per heavy atom. The van der Waals surface area contributed by atoms with Crippen LogP contribution in [0.15, 0.2) is 53.1 Å². The number of aromatic nitrogens is 1. The second-order valence-corrected chi connectivity index (χ2v) is 6.95. The van der Waals surface area contributed by atoms with Crippen LogP contribution < -0.4 is 10.2 Å². The van der Waals surface area contributed by atoms with Crippen LogP contribution in [-0.2, 0) is 9.53 Å². The third-order valence-electron chi connectivity index (χ3n) is 4.70. The highest BCUT2D eigenvalue weighted by atomic mass is 16.5. The van der Waals surface area contributed by atoms with Crippen LogP contribution in [0, 0.1) is 13.8 Å².